The van der Waals surface area contributed by atoms with Crippen LogP contribution in [0.2, 0.25) is 5.02 Å². The zero-order valence-corrected chi connectivity index (χ0v) is 14.2. The minimum Gasteiger partial charge on any atom is -0.352 e. The van der Waals surface area contributed by atoms with E-state index in [-0.39, 0.29) is 17.7 Å². The molecule has 0 radical (unpaired) electrons. The molecule has 5 heteroatoms. The molecule has 4 nitrogen and oxygen atoms in total. The van der Waals surface area contributed by atoms with Crippen LogP contribution < -0.4 is 10.2 Å². The maximum absolute atomic E-state index is 12.3. The van der Waals surface area contributed by atoms with E-state index in [2.05, 4.69) is 5.32 Å². The summed E-state index contributed by atoms with van der Waals surface area (Å²) in [6, 6.07) is 14.7. The lowest BCUT2D eigenvalue weighted by Crippen LogP contribution is -2.31. The molecule has 1 aliphatic heterocycles. The van der Waals surface area contributed by atoms with Crippen LogP contribution in [0.15, 0.2) is 48.5 Å². The standard InChI is InChI=1S/C19H19ClN2O2/c1-13-4-2-3-5-17(13)19(24)21-11-14-10-18(23)22(12-14)16-8-6-15(20)7-9-16/h2-9,14H,10-12H2,1H3,(H,21,24). The first-order chi connectivity index (χ1) is 11.5. The normalized spacial score (nSPS) is 17.2. The molecule has 0 bridgehead atoms. The van der Waals surface area contributed by atoms with E-state index in [1.165, 1.54) is 0 Å². The second kappa shape index (κ2) is 7.05. The Kier molecular flexibility index (Phi) is 4.86. The molecule has 2 aromatic rings. The molecule has 0 saturated carbocycles. The summed E-state index contributed by atoms with van der Waals surface area (Å²) in [6.45, 7) is 3.01. The molecule has 2 aromatic carbocycles. The Bertz CT molecular complexity index is 758. The molecule has 24 heavy (non-hydrogen) atoms. The molecular weight excluding hydrogens is 324 g/mol. The maximum Gasteiger partial charge on any atom is 0.251 e. The van der Waals surface area contributed by atoms with Crippen molar-refractivity contribution in [2.24, 2.45) is 5.92 Å². The summed E-state index contributed by atoms with van der Waals surface area (Å²) in [6.07, 6.45) is 0.441. The van der Waals surface area contributed by atoms with Gasteiger partial charge in [0.25, 0.3) is 5.91 Å². The highest BCUT2D eigenvalue weighted by atomic mass is 35.5. The van der Waals surface area contributed by atoms with Gasteiger partial charge in [-0.2, -0.15) is 0 Å². The van der Waals surface area contributed by atoms with Crippen LogP contribution >= 0.6 is 11.6 Å². The largest absolute Gasteiger partial charge is 0.352 e. The number of anilines is 1. The van der Waals surface area contributed by atoms with Crippen LogP contribution in [0, 0.1) is 12.8 Å². The second-order valence-electron chi connectivity index (χ2n) is 6.08. The fourth-order valence-corrected chi connectivity index (χ4v) is 3.07. The van der Waals surface area contributed by atoms with E-state index in [4.69, 9.17) is 11.6 Å². The summed E-state index contributed by atoms with van der Waals surface area (Å²) < 4.78 is 0. The van der Waals surface area contributed by atoms with Crippen LogP contribution in [0.25, 0.3) is 0 Å². The van der Waals surface area contributed by atoms with Gasteiger partial charge in [-0.15, -0.1) is 0 Å². The molecule has 1 aliphatic rings. The first-order valence-electron chi connectivity index (χ1n) is 7.94. The fraction of sp³-hybridized carbons (Fsp3) is 0.263. The Morgan fingerprint density at radius 2 is 1.92 bits per heavy atom. The number of carbonyl (C=O) groups excluding carboxylic acids is 2. The molecule has 0 aromatic heterocycles. The Morgan fingerprint density at radius 3 is 2.62 bits per heavy atom. The third kappa shape index (κ3) is 3.60. The Hall–Kier alpha value is -2.33. The van der Waals surface area contributed by atoms with Crippen LogP contribution in [0.3, 0.4) is 0 Å². The van der Waals surface area contributed by atoms with Gasteiger partial charge in [-0.3, -0.25) is 9.59 Å². The zero-order valence-electron chi connectivity index (χ0n) is 13.5. The van der Waals surface area contributed by atoms with Crippen molar-refractivity contribution < 1.29 is 9.59 Å². The second-order valence-corrected chi connectivity index (χ2v) is 6.51. The van der Waals surface area contributed by atoms with Crippen LogP contribution in [-0.2, 0) is 4.79 Å². The van der Waals surface area contributed by atoms with E-state index in [9.17, 15) is 9.59 Å². The van der Waals surface area contributed by atoms with Crippen molar-refractivity contribution in [2.75, 3.05) is 18.0 Å². The third-order valence-corrected chi connectivity index (χ3v) is 4.54. The number of nitrogens with zero attached hydrogens (tertiary/aromatic N) is 1. The van der Waals surface area contributed by atoms with Crippen molar-refractivity contribution in [1.82, 2.24) is 5.32 Å². The number of aryl methyl sites for hydroxylation is 1. The molecule has 3 rings (SSSR count). The van der Waals surface area contributed by atoms with Gasteiger partial charge in [0.1, 0.15) is 0 Å². The minimum atomic E-state index is -0.0921. The predicted molar refractivity (Wildman–Crippen MR) is 95.4 cm³/mol. The van der Waals surface area contributed by atoms with Crippen molar-refractivity contribution in [3.05, 3.63) is 64.7 Å². The average Bonchev–Trinajstić information content (AvgIpc) is 2.95. The summed E-state index contributed by atoms with van der Waals surface area (Å²) in [5.74, 6) is 0.0964. The lowest BCUT2D eigenvalue weighted by Gasteiger charge is -2.17. The van der Waals surface area contributed by atoms with Gasteiger partial charge in [-0.1, -0.05) is 29.8 Å². The van der Waals surface area contributed by atoms with Gasteiger partial charge < -0.3 is 10.2 Å². The van der Waals surface area contributed by atoms with Crippen molar-refractivity contribution in [3.63, 3.8) is 0 Å². The van der Waals surface area contributed by atoms with Gasteiger partial charge in [0.05, 0.1) is 0 Å². The van der Waals surface area contributed by atoms with Gasteiger partial charge in [0.15, 0.2) is 0 Å². The molecule has 1 atom stereocenters. The van der Waals surface area contributed by atoms with E-state index < -0.39 is 0 Å². The molecule has 1 N–H and O–H groups in total. The van der Waals surface area contributed by atoms with Crippen molar-refractivity contribution in [3.8, 4) is 0 Å². The van der Waals surface area contributed by atoms with Gasteiger partial charge >= 0.3 is 0 Å². The summed E-state index contributed by atoms with van der Waals surface area (Å²) in [7, 11) is 0. The number of nitrogens with one attached hydrogen (secondary N) is 1. The molecule has 1 saturated heterocycles. The van der Waals surface area contributed by atoms with E-state index in [1.807, 2.05) is 43.3 Å². The molecule has 0 aliphatic carbocycles. The Morgan fingerprint density at radius 1 is 1.21 bits per heavy atom. The number of carbonyl (C=O) groups is 2. The van der Waals surface area contributed by atoms with Crippen molar-refractivity contribution in [1.29, 1.82) is 0 Å². The van der Waals surface area contributed by atoms with Crippen LogP contribution in [0.1, 0.15) is 22.3 Å². The molecular formula is C19H19ClN2O2. The topological polar surface area (TPSA) is 49.4 Å². The summed E-state index contributed by atoms with van der Waals surface area (Å²) in [4.78, 5) is 26.2. The number of hydrogen-bond acceptors (Lipinski definition) is 2. The van der Waals surface area contributed by atoms with Crippen molar-refractivity contribution >= 4 is 29.1 Å². The SMILES string of the molecule is Cc1ccccc1C(=O)NCC1CC(=O)N(c2ccc(Cl)cc2)C1. The highest BCUT2D eigenvalue weighted by Crippen LogP contribution is 2.26. The first-order valence-corrected chi connectivity index (χ1v) is 8.32. The van der Waals surface area contributed by atoms with Gasteiger partial charge in [-0.25, -0.2) is 0 Å². The first kappa shape index (κ1) is 16.5. The summed E-state index contributed by atoms with van der Waals surface area (Å²) in [5, 5.41) is 3.59. The highest BCUT2D eigenvalue weighted by Gasteiger charge is 2.30. The predicted octanol–water partition coefficient (Wildman–Crippen LogP) is 3.43. The molecule has 1 heterocycles. The van der Waals surface area contributed by atoms with E-state index in [0.717, 1.165) is 11.3 Å². The lowest BCUT2D eigenvalue weighted by molar-refractivity contribution is -0.117. The lowest BCUT2D eigenvalue weighted by atomic mass is 10.1. The van der Waals surface area contributed by atoms with Crippen molar-refractivity contribution in [2.45, 2.75) is 13.3 Å². The van der Waals surface area contributed by atoms with E-state index in [1.54, 1.807) is 17.0 Å². The quantitative estimate of drug-likeness (QED) is 0.925. The highest BCUT2D eigenvalue weighted by molar-refractivity contribution is 6.30. The van der Waals surface area contributed by atoms with Gasteiger partial charge in [-0.05, 0) is 42.8 Å². The number of halogens is 1. The van der Waals surface area contributed by atoms with Crippen LogP contribution in [0.5, 0.6) is 0 Å². The summed E-state index contributed by atoms with van der Waals surface area (Å²) >= 11 is 5.89. The number of amides is 2. The summed E-state index contributed by atoms with van der Waals surface area (Å²) in [5.41, 5.74) is 2.47. The number of rotatable bonds is 4. The average molecular weight is 343 g/mol. The molecule has 0 spiro atoms. The Labute approximate surface area is 146 Å². The molecule has 1 fully saturated rings. The van der Waals surface area contributed by atoms with E-state index in [0.29, 0.717) is 30.1 Å². The Balaban J connectivity index is 1.59. The van der Waals surface area contributed by atoms with Crippen LogP contribution in [0.4, 0.5) is 5.69 Å². The fourth-order valence-electron chi connectivity index (χ4n) is 2.95. The number of benzene rings is 2. The number of hydrogen-bond donors (Lipinski definition) is 1. The van der Waals surface area contributed by atoms with Crippen LogP contribution in [-0.4, -0.2) is 24.9 Å². The molecule has 1 unspecified atom stereocenters. The third-order valence-electron chi connectivity index (χ3n) is 4.28. The van der Waals surface area contributed by atoms with Gasteiger partial charge in [0.2, 0.25) is 5.91 Å². The smallest absolute Gasteiger partial charge is 0.251 e. The molecule has 2 amide bonds. The maximum atomic E-state index is 12.3. The van der Waals surface area contributed by atoms with E-state index >= 15 is 0 Å². The molecule has 124 valence electrons. The monoisotopic (exact) mass is 342 g/mol. The minimum absolute atomic E-state index is 0.0764. The zero-order chi connectivity index (χ0) is 17.1. The van der Waals surface area contributed by atoms with Gasteiger partial charge in [0, 0.05) is 41.7 Å².